The molecule has 26 heavy (non-hydrogen) atoms. The maximum Gasteiger partial charge on any atom is 0.0682 e. The third kappa shape index (κ3) is 4.62. The molecule has 3 aromatic rings. The van der Waals surface area contributed by atoms with E-state index in [-0.39, 0.29) is 6.61 Å². The molecular formula is C25H28O. The lowest BCUT2D eigenvalue weighted by Gasteiger charge is -2.13. The summed E-state index contributed by atoms with van der Waals surface area (Å²) in [5.74, 6) is 0. The summed E-state index contributed by atoms with van der Waals surface area (Å²) in [6.45, 7) is 2.32. The molecule has 0 bridgehead atoms. The van der Waals surface area contributed by atoms with E-state index in [1.807, 2.05) is 12.1 Å². The van der Waals surface area contributed by atoms with Gasteiger partial charge in [0, 0.05) is 0 Å². The molecule has 1 nitrogen and oxygen atoms in total. The molecule has 1 heteroatoms. The molecule has 0 saturated heterocycles. The SMILES string of the molecule is CCCCCCc1ccc(-c2ccc(CO)cc2-c2ccccc2)cc1. The van der Waals surface area contributed by atoms with Crippen molar-refractivity contribution in [3.8, 4) is 22.3 Å². The lowest BCUT2D eigenvalue weighted by atomic mass is 9.92. The van der Waals surface area contributed by atoms with Crippen molar-refractivity contribution in [2.45, 2.75) is 45.6 Å². The molecule has 134 valence electrons. The van der Waals surface area contributed by atoms with Crippen molar-refractivity contribution in [3.63, 3.8) is 0 Å². The third-order valence-corrected chi connectivity index (χ3v) is 4.94. The molecule has 0 radical (unpaired) electrons. The van der Waals surface area contributed by atoms with Crippen LogP contribution in [0.1, 0.15) is 43.7 Å². The van der Waals surface area contributed by atoms with Crippen LogP contribution in [0, 0.1) is 0 Å². The molecule has 0 heterocycles. The van der Waals surface area contributed by atoms with Gasteiger partial charge in [-0.15, -0.1) is 0 Å². The van der Waals surface area contributed by atoms with Gasteiger partial charge in [-0.1, -0.05) is 92.9 Å². The molecule has 1 N–H and O–H groups in total. The second kappa shape index (κ2) is 9.35. The topological polar surface area (TPSA) is 20.2 Å². The molecule has 0 spiro atoms. The van der Waals surface area contributed by atoms with E-state index in [9.17, 15) is 5.11 Å². The van der Waals surface area contributed by atoms with Gasteiger partial charge in [0.15, 0.2) is 0 Å². The Bertz CT molecular complexity index is 803. The van der Waals surface area contributed by atoms with Gasteiger partial charge in [0.25, 0.3) is 0 Å². The molecule has 0 atom stereocenters. The van der Waals surface area contributed by atoms with E-state index in [2.05, 4.69) is 67.6 Å². The number of rotatable bonds is 8. The van der Waals surface area contributed by atoms with Crippen LogP contribution in [-0.2, 0) is 13.0 Å². The highest BCUT2D eigenvalue weighted by molar-refractivity contribution is 5.84. The zero-order valence-corrected chi connectivity index (χ0v) is 15.6. The predicted octanol–water partition coefficient (Wildman–Crippen LogP) is 6.64. The van der Waals surface area contributed by atoms with E-state index < -0.39 is 0 Å². The molecule has 0 fully saturated rings. The average Bonchev–Trinajstić information content (AvgIpc) is 2.72. The van der Waals surface area contributed by atoms with Crippen LogP contribution >= 0.6 is 0 Å². The van der Waals surface area contributed by atoms with E-state index in [0.717, 1.165) is 12.0 Å². The molecule has 3 aromatic carbocycles. The van der Waals surface area contributed by atoms with E-state index in [1.165, 1.54) is 53.5 Å². The summed E-state index contributed by atoms with van der Waals surface area (Å²) in [5, 5.41) is 9.53. The Hall–Kier alpha value is -2.38. The summed E-state index contributed by atoms with van der Waals surface area (Å²) < 4.78 is 0. The van der Waals surface area contributed by atoms with Crippen LogP contribution in [0.2, 0.25) is 0 Å². The van der Waals surface area contributed by atoms with Gasteiger partial charge in [0.05, 0.1) is 6.61 Å². The van der Waals surface area contributed by atoms with Crippen molar-refractivity contribution in [3.05, 3.63) is 83.9 Å². The number of aliphatic hydroxyl groups excluding tert-OH is 1. The first-order chi connectivity index (χ1) is 12.8. The van der Waals surface area contributed by atoms with E-state index >= 15 is 0 Å². The second-order valence-electron chi connectivity index (χ2n) is 6.91. The highest BCUT2D eigenvalue weighted by Crippen LogP contribution is 2.33. The number of unbranched alkanes of at least 4 members (excludes halogenated alkanes) is 3. The molecular weight excluding hydrogens is 316 g/mol. The highest BCUT2D eigenvalue weighted by atomic mass is 16.3. The number of aryl methyl sites for hydroxylation is 1. The van der Waals surface area contributed by atoms with Gasteiger partial charge >= 0.3 is 0 Å². The van der Waals surface area contributed by atoms with E-state index in [0.29, 0.717) is 0 Å². The predicted molar refractivity (Wildman–Crippen MR) is 111 cm³/mol. The van der Waals surface area contributed by atoms with Crippen LogP contribution in [0.3, 0.4) is 0 Å². The average molecular weight is 344 g/mol. The molecule has 0 amide bonds. The standard InChI is InChI=1S/C25H28O/c1-2-3-4-6-9-20-12-15-23(16-13-20)24-17-14-21(19-26)18-25(24)22-10-7-5-8-11-22/h5,7-8,10-18,26H,2-4,6,9,19H2,1H3. The van der Waals surface area contributed by atoms with Gasteiger partial charge in [-0.25, -0.2) is 0 Å². The zero-order valence-electron chi connectivity index (χ0n) is 15.6. The molecule has 0 aromatic heterocycles. The van der Waals surface area contributed by atoms with Crippen molar-refractivity contribution in [2.24, 2.45) is 0 Å². The quantitative estimate of drug-likeness (QED) is 0.454. The molecule has 0 aliphatic rings. The van der Waals surface area contributed by atoms with E-state index in [4.69, 9.17) is 0 Å². The van der Waals surface area contributed by atoms with Crippen LogP contribution in [0.15, 0.2) is 72.8 Å². The second-order valence-corrected chi connectivity index (χ2v) is 6.91. The van der Waals surface area contributed by atoms with Crippen molar-refractivity contribution in [1.82, 2.24) is 0 Å². The van der Waals surface area contributed by atoms with Crippen LogP contribution in [0.25, 0.3) is 22.3 Å². The number of aliphatic hydroxyl groups is 1. The Morgan fingerprint density at radius 2 is 1.35 bits per heavy atom. The van der Waals surface area contributed by atoms with Crippen molar-refractivity contribution in [1.29, 1.82) is 0 Å². The Morgan fingerprint density at radius 1 is 0.654 bits per heavy atom. The van der Waals surface area contributed by atoms with Gasteiger partial charge in [-0.3, -0.25) is 0 Å². The first-order valence-electron chi connectivity index (χ1n) is 9.70. The summed E-state index contributed by atoms with van der Waals surface area (Å²) in [4.78, 5) is 0. The summed E-state index contributed by atoms with van der Waals surface area (Å²) in [6.07, 6.45) is 6.36. The lowest BCUT2D eigenvalue weighted by molar-refractivity contribution is 0.282. The number of hydrogen-bond donors (Lipinski definition) is 1. The molecule has 0 aliphatic heterocycles. The Morgan fingerprint density at radius 3 is 2.04 bits per heavy atom. The monoisotopic (exact) mass is 344 g/mol. The van der Waals surface area contributed by atoms with Gasteiger partial charge in [0.2, 0.25) is 0 Å². The first kappa shape index (κ1) is 18.4. The molecule has 0 saturated carbocycles. The Kier molecular flexibility index (Phi) is 6.62. The number of benzene rings is 3. The van der Waals surface area contributed by atoms with Crippen LogP contribution < -0.4 is 0 Å². The minimum absolute atomic E-state index is 0.0663. The van der Waals surface area contributed by atoms with E-state index in [1.54, 1.807) is 0 Å². The zero-order chi connectivity index (χ0) is 18.2. The minimum atomic E-state index is 0.0663. The minimum Gasteiger partial charge on any atom is -0.392 e. The third-order valence-electron chi connectivity index (χ3n) is 4.94. The fourth-order valence-corrected chi connectivity index (χ4v) is 3.40. The fourth-order valence-electron chi connectivity index (χ4n) is 3.40. The Balaban J connectivity index is 1.86. The summed E-state index contributed by atoms with van der Waals surface area (Å²) in [6, 6.07) is 25.6. The van der Waals surface area contributed by atoms with Crippen molar-refractivity contribution < 1.29 is 5.11 Å². The molecule has 0 aliphatic carbocycles. The first-order valence-corrected chi connectivity index (χ1v) is 9.70. The van der Waals surface area contributed by atoms with Crippen molar-refractivity contribution in [2.75, 3.05) is 0 Å². The largest absolute Gasteiger partial charge is 0.392 e. The smallest absolute Gasteiger partial charge is 0.0682 e. The van der Waals surface area contributed by atoms with Crippen LogP contribution in [0.5, 0.6) is 0 Å². The lowest BCUT2D eigenvalue weighted by Crippen LogP contribution is -1.91. The van der Waals surface area contributed by atoms with Gasteiger partial charge in [-0.05, 0) is 52.3 Å². The van der Waals surface area contributed by atoms with Gasteiger partial charge < -0.3 is 5.11 Å². The molecule has 3 rings (SSSR count). The molecule has 0 unspecified atom stereocenters. The van der Waals surface area contributed by atoms with Crippen molar-refractivity contribution >= 4 is 0 Å². The van der Waals surface area contributed by atoms with Gasteiger partial charge in [-0.2, -0.15) is 0 Å². The Labute approximate surface area is 157 Å². The summed E-state index contributed by atoms with van der Waals surface area (Å²) in [5.41, 5.74) is 7.16. The summed E-state index contributed by atoms with van der Waals surface area (Å²) >= 11 is 0. The highest BCUT2D eigenvalue weighted by Gasteiger charge is 2.09. The maximum atomic E-state index is 9.53. The van der Waals surface area contributed by atoms with Gasteiger partial charge in [0.1, 0.15) is 0 Å². The normalized spacial score (nSPS) is 10.8. The number of hydrogen-bond acceptors (Lipinski definition) is 1. The summed E-state index contributed by atoms with van der Waals surface area (Å²) in [7, 11) is 0. The van der Waals surface area contributed by atoms with Crippen LogP contribution in [0.4, 0.5) is 0 Å². The van der Waals surface area contributed by atoms with Crippen LogP contribution in [-0.4, -0.2) is 5.11 Å². The maximum absolute atomic E-state index is 9.53. The fraction of sp³-hybridized carbons (Fsp3) is 0.280.